The van der Waals surface area contributed by atoms with Crippen molar-refractivity contribution >= 4 is 22.3 Å². The lowest BCUT2D eigenvalue weighted by Crippen LogP contribution is -2.32. The molecular formula is C30H26FN3O2. The minimum Gasteiger partial charge on any atom is -0.491 e. The van der Waals surface area contributed by atoms with Crippen LogP contribution in [0.5, 0.6) is 5.75 Å². The maximum Gasteiger partial charge on any atom is 0.262 e. The van der Waals surface area contributed by atoms with E-state index in [1.165, 1.54) is 12.1 Å². The molecule has 0 fully saturated rings. The van der Waals surface area contributed by atoms with Gasteiger partial charge in [-0.15, -0.1) is 0 Å². The summed E-state index contributed by atoms with van der Waals surface area (Å²) in [6.45, 7) is 2.12. The van der Waals surface area contributed by atoms with Crippen LogP contribution in [0.1, 0.15) is 17.4 Å². The highest BCUT2D eigenvalue weighted by Gasteiger charge is 2.21. The van der Waals surface area contributed by atoms with Crippen molar-refractivity contribution in [2.24, 2.45) is 0 Å². The van der Waals surface area contributed by atoms with Crippen LogP contribution in [0, 0.1) is 12.7 Å². The van der Waals surface area contributed by atoms with Gasteiger partial charge in [0.2, 0.25) is 0 Å². The zero-order chi connectivity index (χ0) is 25.1. The molecule has 0 bridgehead atoms. The Bertz CT molecular complexity index is 1530. The summed E-state index contributed by atoms with van der Waals surface area (Å²) in [6.07, 6.45) is 0. The van der Waals surface area contributed by atoms with E-state index in [4.69, 9.17) is 9.72 Å². The Hall–Kier alpha value is -4.45. The standard InChI is InChI=1S/C30H26FN3O2/c1-21-32-28-18-17-25(33(2)24-15-13-23(31)14-16-24)19-27(28)30(35)34(21)29(22-9-5-3-6-10-22)20-36-26-11-7-4-8-12-26/h3-19,29H,20H2,1-2H3. The van der Waals surface area contributed by atoms with Gasteiger partial charge < -0.3 is 9.64 Å². The quantitative estimate of drug-likeness (QED) is 0.276. The average Bonchev–Trinajstić information content (AvgIpc) is 2.91. The molecule has 4 aromatic carbocycles. The molecule has 0 aliphatic heterocycles. The molecule has 1 unspecified atom stereocenters. The summed E-state index contributed by atoms with van der Waals surface area (Å²) in [6, 6.07) is 30.9. The molecule has 0 saturated carbocycles. The summed E-state index contributed by atoms with van der Waals surface area (Å²) in [5.41, 5.74) is 3.06. The summed E-state index contributed by atoms with van der Waals surface area (Å²) in [5.74, 6) is 1.05. The zero-order valence-electron chi connectivity index (χ0n) is 20.1. The van der Waals surface area contributed by atoms with Gasteiger partial charge in [-0.1, -0.05) is 48.5 Å². The van der Waals surface area contributed by atoms with Crippen molar-refractivity contribution < 1.29 is 9.13 Å². The Balaban J connectivity index is 1.59. The number of hydrogen-bond acceptors (Lipinski definition) is 4. The third kappa shape index (κ3) is 4.70. The van der Waals surface area contributed by atoms with Gasteiger partial charge in [-0.2, -0.15) is 0 Å². The van der Waals surface area contributed by atoms with Gasteiger partial charge in [0.05, 0.1) is 16.9 Å². The van der Waals surface area contributed by atoms with Gasteiger partial charge >= 0.3 is 0 Å². The molecule has 0 saturated heterocycles. The van der Waals surface area contributed by atoms with Crippen molar-refractivity contribution in [1.82, 2.24) is 9.55 Å². The van der Waals surface area contributed by atoms with E-state index in [0.717, 1.165) is 22.7 Å². The predicted molar refractivity (Wildman–Crippen MR) is 142 cm³/mol. The number of anilines is 2. The van der Waals surface area contributed by atoms with Gasteiger partial charge in [-0.3, -0.25) is 9.36 Å². The topological polar surface area (TPSA) is 47.4 Å². The van der Waals surface area contributed by atoms with Crippen LogP contribution in [-0.4, -0.2) is 23.2 Å². The first-order valence-corrected chi connectivity index (χ1v) is 11.8. The van der Waals surface area contributed by atoms with Crippen molar-refractivity contribution in [2.45, 2.75) is 13.0 Å². The SMILES string of the molecule is Cc1nc2ccc(N(C)c3ccc(F)cc3)cc2c(=O)n1C(COc1ccccc1)c1ccccc1. The lowest BCUT2D eigenvalue weighted by Gasteiger charge is -2.24. The van der Waals surface area contributed by atoms with Crippen molar-refractivity contribution in [3.8, 4) is 5.75 Å². The first kappa shape index (κ1) is 23.3. The number of ether oxygens (including phenoxy) is 1. The fourth-order valence-electron chi connectivity index (χ4n) is 4.37. The molecule has 0 aliphatic carbocycles. The summed E-state index contributed by atoms with van der Waals surface area (Å²) in [5, 5.41) is 0.507. The molecule has 180 valence electrons. The molecule has 1 aromatic heterocycles. The van der Waals surface area contributed by atoms with E-state index in [9.17, 15) is 9.18 Å². The third-order valence-electron chi connectivity index (χ3n) is 6.31. The van der Waals surface area contributed by atoms with Gasteiger partial charge in [0.1, 0.15) is 24.0 Å². The summed E-state index contributed by atoms with van der Waals surface area (Å²) >= 11 is 0. The number of benzene rings is 4. The van der Waals surface area contributed by atoms with Gasteiger partial charge in [-0.05, 0) is 67.1 Å². The first-order chi connectivity index (χ1) is 17.5. The molecule has 0 amide bonds. The Morgan fingerprint density at radius 2 is 1.53 bits per heavy atom. The smallest absolute Gasteiger partial charge is 0.262 e. The largest absolute Gasteiger partial charge is 0.491 e. The molecule has 0 aliphatic rings. The van der Waals surface area contributed by atoms with Gasteiger partial charge in [-0.25, -0.2) is 9.37 Å². The van der Waals surface area contributed by atoms with Crippen LogP contribution in [0.15, 0.2) is 108 Å². The zero-order valence-corrected chi connectivity index (χ0v) is 20.1. The van der Waals surface area contributed by atoms with E-state index >= 15 is 0 Å². The molecule has 5 rings (SSSR count). The Morgan fingerprint density at radius 1 is 0.889 bits per heavy atom. The number of para-hydroxylation sites is 1. The van der Waals surface area contributed by atoms with Gasteiger partial charge in [0.25, 0.3) is 5.56 Å². The second-order valence-corrected chi connectivity index (χ2v) is 8.62. The number of nitrogens with zero attached hydrogens (tertiary/aromatic N) is 3. The number of aromatic nitrogens is 2. The molecular weight excluding hydrogens is 453 g/mol. The van der Waals surface area contributed by atoms with Crippen molar-refractivity contribution in [3.05, 3.63) is 131 Å². The van der Waals surface area contributed by atoms with Crippen LogP contribution in [0.25, 0.3) is 10.9 Å². The third-order valence-corrected chi connectivity index (χ3v) is 6.31. The second-order valence-electron chi connectivity index (χ2n) is 8.62. The first-order valence-electron chi connectivity index (χ1n) is 11.8. The average molecular weight is 480 g/mol. The van der Waals surface area contributed by atoms with E-state index < -0.39 is 0 Å². The molecule has 5 aromatic rings. The van der Waals surface area contributed by atoms with Crippen LogP contribution in [-0.2, 0) is 0 Å². The fourth-order valence-corrected chi connectivity index (χ4v) is 4.37. The van der Waals surface area contributed by atoms with Crippen LogP contribution in [0.3, 0.4) is 0 Å². The van der Waals surface area contributed by atoms with Crippen molar-refractivity contribution in [3.63, 3.8) is 0 Å². The lowest BCUT2D eigenvalue weighted by molar-refractivity contribution is 0.266. The highest BCUT2D eigenvalue weighted by atomic mass is 19.1. The molecule has 5 nitrogen and oxygen atoms in total. The van der Waals surface area contributed by atoms with E-state index in [-0.39, 0.29) is 24.0 Å². The normalized spacial score (nSPS) is 11.9. The molecule has 1 atom stereocenters. The van der Waals surface area contributed by atoms with E-state index in [0.29, 0.717) is 16.7 Å². The monoisotopic (exact) mass is 479 g/mol. The van der Waals surface area contributed by atoms with E-state index in [1.807, 2.05) is 97.7 Å². The molecule has 0 N–H and O–H groups in total. The molecule has 0 spiro atoms. The fraction of sp³-hybridized carbons (Fsp3) is 0.133. The second kappa shape index (κ2) is 10.0. The Labute approximate surface area is 209 Å². The maximum atomic E-state index is 13.9. The highest BCUT2D eigenvalue weighted by Crippen LogP contribution is 2.27. The van der Waals surface area contributed by atoms with Gasteiger partial charge in [0, 0.05) is 18.4 Å². The van der Waals surface area contributed by atoms with Crippen LogP contribution in [0.4, 0.5) is 15.8 Å². The molecule has 1 heterocycles. The summed E-state index contributed by atoms with van der Waals surface area (Å²) < 4.78 is 21.2. The predicted octanol–water partition coefficient (Wildman–Crippen LogP) is 6.28. The van der Waals surface area contributed by atoms with Crippen molar-refractivity contribution in [1.29, 1.82) is 0 Å². The van der Waals surface area contributed by atoms with Crippen molar-refractivity contribution in [2.75, 3.05) is 18.6 Å². The Kier molecular flexibility index (Phi) is 6.50. The number of halogens is 1. The number of rotatable bonds is 7. The molecule has 0 radical (unpaired) electrons. The molecule has 36 heavy (non-hydrogen) atoms. The summed E-state index contributed by atoms with van der Waals surface area (Å²) in [4.78, 5) is 20.6. The van der Waals surface area contributed by atoms with Crippen LogP contribution in [0.2, 0.25) is 0 Å². The minimum atomic E-state index is -0.366. The van der Waals surface area contributed by atoms with Gasteiger partial charge in [0.15, 0.2) is 0 Å². The Morgan fingerprint density at radius 3 is 2.22 bits per heavy atom. The maximum absolute atomic E-state index is 13.9. The number of fused-ring (bicyclic) bond motifs is 1. The highest BCUT2D eigenvalue weighted by molar-refractivity contribution is 5.83. The minimum absolute atomic E-state index is 0.141. The van der Waals surface area contributed by atoms with E-state index in [2.05, 4.69) is 0 Å². The number of aryl methyl sites for hydroxylation is 1. The lowest BCUT2D eigenvalue weighted by atomic mass is 10.1. The molecule has 6 heteroatoms. The number of hydrogen-bond donors (Lipinski definition) is 0. The van der Waals surface area contributed by atoms with Crippen LogP contribution < -0.4 is 15.2 Å². The van der Waals surface area contributed by atoms with E-state index in [1.54, 1.807) is 16.7 Å². The summed E-state index contributed by atoms with van der Waals surface area (Å²) in [7, 11) is 1.88. The van der Waals surface area contributed by atoms with Crippen LogP contribution >= 0.6 is 0 Å².